The number of phenols is 1. The van der Waals surface area contributed by atoms with Gasteiger partial charge in [-0.3, -0.25) is 4.79 Å². The van der Waals surface area contributed by atoms with Gasteiger partial charge in [0.15, 0.2) is 5.78 Å². The van der Waals surface area contributed by atoms with Gasteiger partial charge in [0.25, 0.3) is 0 Å². The zero-order valence-electron chi connectivity index (χ0n) is 13.5. The highest BCUT2D eigenvalue weighted by molar-refractivity contribution is 6.24. The number of rotatable bonds is 4. The van der Waals surface area contributed by atoms with Gasteiger partial charge in [-0.2, -0.15) is 0 Å². The first-order valence-electron chi connectivity index (χ1n) is 8.46. The van der Waals surface area contributed by atoms with Gasteiger partial charge in [-0.15, -0.1) is 0 Å². The van der Waals surface area contributed by atoms with E-state index in [9.17, 15) is 15.0 Å². The number of hydrogen-bond acceptors (Lipinski definition) is 4. The third kappa shape index (κ3) is 3.27. The number of aromatic hydroxyl groups is 1. The maximum Gasteiger partial charge on any atom is 0.167 e. The SMILES string of the molecule is CCc1ccc(O)cc1C1=C(O)C(CC2CCOCC2)CC1=O. The molecule has 1 aromatic carbocycles. The topological polar surface area (TPSA) is 66.8 Å². The van der Waals surface area contributed by atoms with Gasteiger partial charge in [0.2, 0.25) is 0 Å². The maximum atomic E-state index is 12.5. The summed E-state index contributed by atoms with van der Waals surface area (Å²) in [6.45, 7) is 3.55. The molecule has 0 radical (unpaired) electrons. The third-order valence-electron chi connectivity index (χ3n) is 5.06. The first-order chi connectivity index (χ1) is 11.1. The fourth-order valence-corrected chi connectivity index (χ4v) is 3.74. The van der Waals surface area contributed by atoms with Crippen molar-refractivity contribution < 1.29 is 19.7 Å². The molecule has 1 fully saturated rings. The largest absolute Gasteiger partial charge is 0.511 e. The molecule has 1 unspecified atom stereocenters. The van der Waals surface area contributed by atoms with E-state index in [2.05, 4.69) is 0 Å². The average molecular weight is 316 g/mol. The number of ether oxygens (including phenoxy) is 1. The number of benzene rings is 1. The lowest BCUT2D eigenvalue weighted by molar-refractivity contribution is -0.113. The molecular weight excluding hydrogens is 292 g/mol. The summed E-state index contributed by atoms with van der Waals surface area (Å²) in [5.41, 5.74) is 2.07. The lowest BCUT2D eigenvalue weighted by atomic mass is 9.88. The second kappa shape index (κ2) is 6.75. The van der Waals surface area contributed by atoms with Crippen LogP contribution in [0.5, 0.6) is 5.75 Å². The molecule has 0 aromatic heterocycles. The van der Waals surface area contributed by atoms with Crippen molar-refractivity contribution in [1.29, 1.82) is 0 Å². The number of aliphatic hydroxyl groups is 1. The van der Waals surface area contributed by atoms with Gasteiger partial charge in [0, 0.05) is 25.6 Å². The summed E-state index contributed by atoms with van der Waals surface area (Å²) >= 11 is 0. The van der Waals surface area contributed by atoms with Crippen LogP contribution in [0.25, 0.3) is 5.57 Å². The molecule has 4 nitrogen and oxygen atoms in total. The highest BCUT2D eigenvalue weighted by atomic mass is 16.5. The quantitative estimate of drug-likeness (QED) is 0.890. The lowest BCUT2D eigenvalue weighted by Crippen LogP contribution is -2.19. The highest BCUT2D eigenvalue weighted by Crippen LogP contribution is 2.40. The normalized spacial score (nSPS) is 22.8. The molecule has 0 spiro atoms. The minimum absolute atomic E-state index is 0.0140. The molecule has 2 N–H and O–H groups in total. The molecule has 1 atom stereocenters. The van der Waals surface area contributed by atoms with Crippen LogP contribution in [0.1, 0.15) is 43.7 Å². The number of allylic oxidation sites excluding steroid dienone is 2. The molecule has 23 heavy (non-hydrogen) atoms. The third-order valence-corrected chi connectivity index (χ3v) is 5.06. The minimum atomic E-state index is -0.0901. The summed E-state index contributed by atoms with van der Waals surface area (Å²) in [6, 6.07) is 5.04. The molecular formula is C19H24O4. The van der Waals surface area contributed by atoms with E-state index in [-0.39, 0.29) is 23.2 Å². The fraction of sp³-hybridized carbons (Fsp3) is 0.526. The number of ketones is 1. The Morgan fingerprint density at radius 3 is 2.65 bits per heavy atom. The Kier molecular flexibility index (Phi) is 4.71. The van der Waals surface area contributed by atoms with Crippen LogP contribution in [0.15, 0.2) is 24.0 Å². The monoisotopic (exact) mass is 316 g/mol. The summed E-state index contributed by atoms with van der Waals surface area (Å²) in [5.74, 6) is 0.741. The Labute approximate surface area is 136 Å². The van der Waals surface area contributed by atoms with Gasteiger partial charge in [-0.05, 0) is 54.9 Å². The van der Waals surface area contributed by atoms with Crippen LogP contribution in [0.3, 0.4) is 0 Å². The van der Waals surface area contributed by atoms with Gasteiger partial charge >= 0.3 is 0 Å². The molecule has 1 aliphatic carbocycles. The zero-order valence-corrected chi connectivity index (χ0v) is 13.5. The molecule has 124 valence electrons. The Morgan fingerprint density at radius 1 is 1.22 bits per heavy atom. The number of aryl methyl sites for hydroxylation is 1. The molecule has 0 saturated carbocycles. The van der Waals surface area contributed by atoms with Gasteiger partial charge < -0.3 is 14.9 Å². The predicted molar refractivity (Wildman–Crippen MR) is 88.3 cm³/mol. The highest BCUT2D eigenvalue weighted by Gasteiger charge is 2.35. The number of carbonyl (C=O) groups is 1. The van der Waals surface area contributed by atoms with Crippen LogP contribution < -0.4 is 0 Å². The van der Waals surface area contributed by atoms with Crippen molar-refractivity contribution in [3.63, 3.8) is 0 Å². The van der Waals surface area contributed by atoms with Crippen molar-refractivity contribution in [2.24, 2.45) is 11.8 Å². The number of carbonyl (C=O) groups excluding carboxylic acids is 1. The number of aliphatic hydroxyl groups excluding tert-OH is 1. The van der Waals surface area contributed by atoms with Crippen molar-refractivity contribution in [1.82, 2.24) is 0 Å². The second-order valence-corrected chi connectivity index (χ2v) is 6.57. The Balaban J connectivity index is 1.88. The summed E-state index contributed by atoms with van der Waals surface area (Å²) in [4.78, 5) is 12.5. The molecule has 1 aliphatic heterocycles. The van der Waals surface area contributed by atoms with Crippen molar-refractivity contribution in [2.75, 3.05) is 13.2 Å². The second-order valence-electron chi connectivity index (χ2n) is 6.57. The summed E-state index contributed by atoms with van der Waals surface area (Å²) < 4.78 is 5.38. The maximum absolute atomic E-state index is 12.5. The fourth-order valence-electron chi connectivity index (χ4n) is 3.74. The number of Topliss-reactive ketones (excluding diaryl/α,β-unsaturated/α-hetero) is 1. The zero-order chi connectivity index (χ0) is 16.4. The van der Waals surface area contributed by atoms with Gasteiger partial charge in [-0.1, -0.05) is 13.0 Å². The Bertz CT molecular complexity index is 626. The molecule has 1 aromatic rings. The van der Waals surface area contributed by atoms with Gasteiger partial charge in [0.1, 0.15) is 11.5 Å². The average Bonchev–Trinajstić information content (AvgIpc) is 2.82. The molecule has 4 heteroatoms. The first-order valence-corrected chi connectivity index (χ1v) is 8.46. The molecule has 3 rings (SSSR count). The van der Waals surface area contributed by atoms with Crippen molar-refractivity contribution in [2.45, 2.75) is 39.0 Å². The lowest BCUT2D eigenvalue weighted by Gasteiger charge is -2.24. The van der Waals surface area contributed by atoms with Crippen molar-refractivity contribution in [3.8, 4) is 5.75 Å². The molecule has 1 heterocycles. The van der Waals surface area contributed by atoms with Crippen LogP contribution in [-0.4, -0.2) is 29.2 Å². The standard InChI is InChI=1S/C19H24O4/c1-2-13-3-4-15(20)11-16(13)18-17(21)10-14(19(18)22)9-12-5-7-23-8-6-12/h3-4,11-12,14,20,22H,2,5-10H2,1H3. The van der Waals surface area contributed by atoms with E-state index in [1.165, 1.54) is 0 Å². The number of phenolic OH excluding ortho intramolecular Hbond substituents is 1. The molecule has 0 bridgehead atoms. The van der Waals surface area contributed by atoms with Crippen molar-refractivity contribution >= 4 is 11.4 Å². The van der Waals surface area contributed by atoms with E-state index in [1.807, 2.05) is 13.0 Å². The minimum Gasteiger partial charge on any atom is -0.511 e. The molecule has 1 saturated heterocycles. The van der Waals surface area contributed by atoms with Crippen LogP contribution in [0.4, 0.5) is 0 Å². The Hall–Kier alpha value is -1.81. The number of hydrogen-bond donors (Lipinski definition) is 2. The first kappa shape index (κ1) is 16.1. The van der Waals surface area contributed by atoms with Crippen LogP contribution in [0.2, 0.25) is 0 Å². The Morgan fingerprint density at radius 2 is 1.96 bits per heavy atom. The summed E-state index contributed by atoms with van der Waals surface area (Å²) in [6.07, 6.45) is 3.96. The van der Waals surface area contributed by atoms with Crippen molar-refractivity contribution in [3.05, 3.63) is 35.1 Å². The predicted octanol–water partition coefficient (Wildman–Crippen LogP) is 3.63. The smallest absolute Gasteiger partial charge is 0.167 e. The van der Waals surface area contributed by atoms with Gasteiger partial charge in [-0.25, -0.2) is 0 Å². The van der Waals surface area contributed by atoms with Gasteiger partial charge in [0.05, 0.1) is 5.57 Å². The van der Waals surface area contributed by atoms with Crippen LogP contribution in [-0.2, 0) is 16.0 Å². The van der Waals surface area contributed by atoms with E-state index in [1.54, 1.807) is 12.1 Å². The van der Waals surface area contributed by atoms with E-state index >= 15 is 0 Å². The summed E-state index contributed by atoms with van der Waals surface area (Å²) in [7, 11) is 0. The van der Waals surface area contributed by atoms with E-state index in [4.69, 9.17) is 4.74 Å². The van der Waals surface area contributed by atoms with Crippen LogP contribution in [0, 0.1) is 11.8 Å². The van der Waals surface area contributed by atoms with Crippen LogP contribution >= 0.6 is 0 Å². The molecule has 0 amide bonds. The van der Waals surface area contributed by atoms with E-state index in [0.29, 0.717) is 23.5 Å². The van der Waals surface area contributed by atoms with E-state index in [0.717, 1.165) is 44.5 Å². The summed E-state index contributed by atoms with van der Waals surface area (Å²) in [5, 5.41) is 20.4. The molecule has 2 aliphatic rings. The van der Waals surface area contributed by atoms with E-state index < -0.39 is 0 Å².